The minimum Gasteiger partial charge on any atom is -0.482 e. The zero-order valence-corrected chi connectivity index (χ0v) is 22.0. The average molecular weight is 552 g/mol. The van der Waals surface area contributed by atoms with Gasteiger partial charge in [0.1, 0.15) is 5.75 Å². The van der Waals surface area contributed by atoms with Crippen LogP contribution in [0.25, 0.3) is 11.3 Å². The summed E-state index contributed by atoms with van der Waals surface area (Å²) in [6.07, 6.45) is 0. The van der Waals surface area contributed by atoms with E-state index in [4.69, 9.17) is 27.9 Å². The van der Waals surface area contributed by atoms with Crippen molar-refractivity contribution in [3.05, 3.63) is 97.6 Å². The van der Waals surface area contributed by atoms with Gasteiger partial charge in [0.25, 0.3) is 17.7 Å². The van der Waals surface area contributed by atoms with E-state index in [0.29, 0.717) is 43.9 Å². The number of benzene rings is 3. The molecule has 0 saturated carbocycles. The average Bonchev–Trinajstić information content (AvgIpc) is 3.21. The second-order valence-electron chi connectivity index (χ2n) is 8.28. The Morgan fingerprint density at radius 3 is 2.22 bits per heavy atom. The summed E-state index contributed by atoms with van der Waals surface area (Å²) < 4.78 is 6.97. The zero-order valence-electron chi connectivity index (χ0n) is 19.7. The molecule has 0 saturated heterocycles. The van der Waals surface area contributed by atoms with Crippen LogP contribution in [0.4, 0.5) is 5.69 Å². The van der Waals surface area contributed by atoms with Crippen molar-refractivity contribution in [1.29, 1.82) is 0 Å². The van der Waals surface area contributed by atoms with Gasteiger partial charge in [-0.2, -0.15) is 4.99 Å². The number of carbonyl (C=O) groups excluding carboxylic acids is 3. The van der Waals surface area contributed by atoms with Crippen LogP contribution < -0.4 is 14.4 Å². The Balaban J connectivity index is 1.71. The topological polar surface area (TPSA) is 81.0 Å². The van der Waals surface area contributed by atoms with Crippen LogP contribution in [-0.4, -0.2) is 35.9 Å². The molecule has 0 N–H and O–H groups in total. The van der Waals surface area contributed by atoms with Gasteiger partial charge in [0.15, 0.2) is 6.61 Å². The molecule has 1 aromatic heterocycles. The summed E-state index contributed by atoms with van der Waals surface area (Å²) in [7, 11) is 1.67. The van der Waals surface area contributed by atoms with Gasteiger partial charge in [-0.15, -0.1) is 11.3 Å². The predicted molar refractivity (Wildman–Crippen MR) is 144 cm³/mol. The maximum Gasteiger partial charge on any atom is 0.279 e. The number of hydrogen-bond donors (Lipinski definition) is 0. The van der Waals surface area contributed by atoms with Crippen molar-refractivity contribution >= 4 is 57.9 Å². The van der Waals surface area contributed by atoms with Gasteiger partial charge in [0, 0.05) is 38.7 Å². The van der Waals surface area contributed by atoms with Crippen LogP contribution in [0.15, 0.2) is 71.7 Å². The largest absolute Gasteiger partial charge is 0.482 e. The number of nitrogens with zero attached hydrogens (tertiary/aromatic N) is 3. The molecular formula is C27H19Cl2N3O4S. The number of hydrogen-bond acceptors (Lipinski definition) is 5. The molecule has 2 heterocycles. The zero-order chi connectivity index (χ0) is 26.3. The van der Waals surface area contributed by atoms with Crippen LogP contribution in [0.2, 0.25) is 10.0 Å². The van der Waals surface area contributed by atoms with Crippen molar-refractivity contribution in [2.24, 2.45) is 4.99 Å². The Morgan fingerprint density at radius 1 is 0.946 bits per heavy atom. The number of halogens is 2. The maximum absolute atomic E-state index is 13.8. The molecule has 0 aliphatic carbocycles. The van der Waals surface area contributed by atoms with E-state index in [-0.39, 0.29) is 23.2 Å². The molecule has 5 rings (SSSR count). The summed E-state index contributed by atoms with van der Waals surface area (Å²) in [5.41, 5.74) is 2.52. The van der Waals surface area contributed by atoms with Gasteiger partial charge in [-0.25, -0.2) is 0 Å². The molecule has 1 aliphatic heterocycles. The number of aryl methyl sites for hydroxylation is 1. The van der Waals surface area contributed by atoms with Crippen molar-refractivity contribution in [2.75, 3.05) is 18.6 Å². The van der Waals surface area contributed by atoms with Crippen LogP contribution >= 0.6 is 34.5 Å². The molecule has 7 nitrogen and oxygen atoms in total. The number of anilines is 1. The van der Waals surface area contributed by atoms with Crippen molar-refractivity contribution < 1.29 is 19.1 Å². The van der Waals surface area contributed by atoms with E-state index in [1.807, 2.05) is 13.0 Å². The number of aromatic nitrogens is 1. The molecule has 2 amide bonds. The molecule has 186 valence electrons. The lowest BCUT2D eigenvalue weighted by Gasteiger charge is -2.26. The normalized spacial score (nSPS) is 13.4. The van der Waals surface area contributed by atoms with Crippen LogP contribution in [-0.2, 0) is 4.79 Å². The predicted octanol–water partition coefficient (Wildman–Crippen LogP) is 5.62. The van der Waals surface area contributed by atoms with Crippen molar-refractivity contribution in [1.82, 2.24) is 4.57 Å². The van der Waals surface area contributed by atoms with E-state index in [1.165, 1.54) is 20.8 Å². The minimum atomic E-state index is -0.508. The van der Waals surface area contributed by atoms with Crippen molar-refractivity contribution in [2.45, 2.75) is 6.92 Å². The Morgan fingerprint density at radius 2 is 1.57 bits per heavy atom. The quantitative estimate of drug-likeness (QED) is 0.331. The molecule has 10 heteroatoms. The summed E-state index contributed by atoms with van der Waals surface area (Å²) in [5, 5.41) is 0.993. The fourth-order valence-corrected chi connectivity index (χ4v) is 5.19. The summed E-state index contributed by atoms with van der Waals surface area (Å²) >= 11 is 13.2. The third-order valence-corrected chi connectivity index (χ3v) is 7.35. The molecule has 0 radical (unpaired) electrons. The number of amides is 2. The van der Waals surface area contributed by atoms with E-state index in [2.05, 4.69) is 4.99 Å². The number of thiazole rings is 1. The lowest BCUT2D eigenvalue weighted by Crippen LogP contribution is -2.35. The van der Waals surface area contributed by atoms with Gasteiger partial charge in [0.2, 0.25) is 4.80 Å². The molecule has 0 unspecified atom stereocenters. The number of rotatable bonds is 3. The highest BCUT2D eigenvalue weighted by Gasteiger charge is 2.26. The second kappa shape index (κ2) is 9.97. The third-order valence-electron chi connectivity index (χ3n) is 5.89. The summed E-state index contributed by atoms with van der Waals surface area (Å²) in [6, 6.07) is 18.2. The Kier molecular flexibility index (Phi) is 6.72. The fraction of sp³-hybridized carbons (Fsp3) is 0.111. The Bertz CT molecular complexity index is 1620. The van der Waals surface area contributed by atoms with E-state index in [1.54, 1.807) is 67.7 Å². The summed E-state index contributed by atoms with van der Waals surface area (Å²) in [4.78, 5) is 45.8. The highest BCUT2D eigenvalue weighted by Crippen LogP contribution is 2.37. The SMILES string of the molecule is Cc1sc(=NC(=O)c2ccc(Cl)cc2)n(C(=O)c2ccc(Cl)cc2)c1-c1ccc2c(c1)N(C)C(=O)CO2. The van der Waals surface area contributed by atoms with Crippen molar-refractivity contribution in [3.8, 4) is 17.0 Å². The van der Waals surface area contributed by atoms with E-state index >= 15 is 0 Å². The first kappa shape index (κ1) is 25.0. The standard InChI is InChI=1S/C27H19Cl2N3O4S/c1-15-24(18-7-12-22-21(13-18)31(2)23(33)14-36-22)32(26(35)17-5-10-20(29)11-6-17)27(37-15)30-25(34)16-3-8-19(28)9-4-16/h3-13H,14H2,1-2H3. The second-order valence-corrected chi connectivity index (χ2v) is 10.3. The Labute approximate surface area is 226 Å². The van der Waals surface area contributed by atoms with Crippen LogP contribution in [0.1, 0.15) is 25.6 Å². The lowest BCUT2D eigenvalue weighted by atomic mass is 10.1. The lowest BCUT2D eigenvalue weighted by molar-refractivity contribution is -0.120. The molecule has 0 atom stereocenters. The smallest absolute Gasteiger partial charge is 0.279 e. The summed E-state index contributed by atoms with van der Waals surface area (Å²) in [5.74, 6) is -0.499. The highest BCUT2D eigenvalue weighted by atomic mass is 35.5. The number of carbonyl (C=O) groups is 3. The first-order chi connectivity index (χ1) is 17.7. The number of ether oxygens (including phenoxy) is 1. The molecule has 37 heavy (non-hydrogen) atoms. The van der Waals surface area contributed by atoms with Gasteiger partial charge in [0.05, 0.1) is 11.4 Å². The molecule has 0 spiro atoms. The first-order valence-electron chi connectivity index (χ1n) is 11.1. The monoisotopic (exact) mass is 551 g/mol. The maximum atomic E-state index is 13.8. The van der Waals surface area contributed by atoms with Gasteiger partial charge in [-0.3, -0.25) is 19.0 Å². The number of fused-ring (bicyclic) bond motifs is 1. The van der Waals surface area contributed by atoms with Crippen molar-refractivity contribution in [3.63, 3.8) is 0 Å². The minimum absolute atomic E-state index is 0.0365. The van der Waals surface area contributed by atoms with Crippen LogP contribution in [0.5, 0.6) is 5.75 Å². The van der Waals surface area contributed by atoms with E-state index in [9.17, 15) is 14.4 Å². The number of likely N-dealkylation sites (N-methyl/N-ethyl adjacent to an activating group) is 1. The van der Waals surface area contributed by atoms with Crippen LogP contribution in [0.3, 0.4) is 0 Å². The molecule has 0 bridgehead atoms. The molecule has 4 aromatic rings. The van der Waals surface area contributed by atoms with E-state index in [0.717, 1.165) is 4.88 Å². The molecule has 3 aromatic carbocycles. The Hall–Kier alpha value is -3.72. The molecule has 1 aliphatic rings. The first-order valence-corrected chi connectivity index (χ1v) is 12.7. The highest BCUT2D eigenvalue weighted by molar-refractivity contribution is 7.09. The molecule has 0 fully saturated rings. The van der Waals surface area contributed by atoms with Gasteiger partial charge >= 0.3 is 0 Å². The van der Waals surface area contributed by atoms with Crippen LogP contribution in [0, 0.1) is 6.92 Å². The summed E-state index contributed by atoms with van der Waals surface area (Å²) in [6.45, 7) is 1.81. The van der Waals surface area contributed by atoms with Gasteiger partial charge in [-0.1, -0.05) is 23.2 Å². The van der Waals surface area contributed by atoms with E-state index < -0.39 is 5.91 Å². The van der Waals surface area contributed by atoms with Gasteiger partial charge < -0.3 is 9.64 Å². The fourth-order valence-electron chi connectivity index (χ4n) is 3.96. The van der Waals surface area contributed by atoms with Gasteiger partial charge in [-0.05, 0) is 73.7 Å². The third kappa shape index (κ3) is 4.83. The molecular weight excluding hydrogens is 533 g/mol.